The monoisotopic (exact) mass is 365 g/mol. The van der Waals surface area contributed by atoms with Crippen molar-refractivity contribution in [2.45, 2.75) is 0 Å². The van der Waals surface area contributed by atoms with Gasteiger partial charge in [0.2, 0.25) is 0 Å². The highest BCUT2D eigenvalue weighted by Gasteiger charge is 2.15. The van der Waals surface area contributed by atoms with Crippen molar-refractivity contribution in [1.82, 2.24) is 0 Å². The Morgan fingerprint density at radius 3 is 2.62 bits per heavy atom. The van der Waals surface area contributed by atoms with Gasteiger partial charge in [-0.15, -0.1) is 0 Å². The molecule has 0 unspecified atom stereocenters. The predicted molar refractivity (Wildman–Crippen MR) is 85.6 cm³/mol. The minimum absolute atomic E-state index is 0.00586. The number of benzene rings is 2. The summed E-state index contributed by atoms with van der Waals surface area (Å²) in [4.78, 5) is 22.2. The van der Waals surface area contributed by atoms with E-state index < -0.39 is 4.92 Å². The second-order valence-corrected chi connectivity index (χ2v) is 5.40. The van der Waals surface area contributed by atoms with Crippen LogP contribution in [0.1, 0.15) is 15.9 Å². The number of nitrogens with zero attached hydrogens (tertiary/aromatic N) is 1. The van der Waals surface area contributed by atoms with Gasteiger partial charge in [-0.1, -0.05) is 45.7 Å². The van der Waals surface area contributed by atoms with E-state index in [0.29, 0.717) is 0 Å². The van der Waals surface area contributed by atoms with Crippen LogP contribution in [0.2, 0.25) is 5.02 Å². The molecule has 0 saturated carbocycles. The van der Waals surface area contributed by atoms with E-state index in [9.17, 15) is 14.9 Å². The Bertz CT molecular complexity index is 743. The van der Waals surface area contributed by atoms with E-state index in [1.807, 2.05) is 24.3 Å². The van der Waals surface area contributed by atoms with E-state index in [0.717, 1.165) is 10.0 Å². The summed E-state index contributed by atoms with van der Waals surface area (Å²) in [6, 6.07) is 11.4. The Morgan fingerprint density at radius 1 is 1.24 bits per heavy atom. The van der Waals surface area contributed by atoms with Gasteiger partial charge in [0.05, 0.1) is 4.92 Å². The molecular formula is C15H9BrClNO3. The summed E-state index contributed by atoms with van der Waals surface area (Å²) < 4.78 is 0.858. The zero-order valence-corrected chi connectivity index (χ0v) is 13.0. The van der Waals surface area contributed by atoms with Crippen LogP contribution in [-0.4, -0.2) is 10.7 Å². The van der Waals surface area contributed by atoms with E-state index in [4.69, 9.17) is 11.6 Å². The van der Waals surface area contributed by atoms with Gasteiger partial charge in [-0.2, -0.15) is 0 Å². The first-order valence-electron chi connectivity index (χ1n) is 5.90. The maximum atomic E-state index is 12.0. The molecule has 4 nitrogen and oxygen atoms in total. The average molecular weight is 367 g/mol. The topological polar surface area (TPSA) is 60.2 Å². The Kier molecular flexibility index (Phi) is 4.88. The molecule has 2 rings (SSSR count). The third-order valence-corrected chi connectivity index (χ3v) is 3.79. The van der Waals surface area contributed by atoms with Crippen molar-refractivity contribution in [3.63, 3.8) is 0 Å². The molecule has 21 heavy (non-hydrogen) atoms. The summed E-state index contributed by atoms with van der Waals surface area (Å²) in [6.07, 6.45) is 3.01. The minimum Gasteiger partial charge on any atom is -0.289 e. The van der Waals surface area contributed by atoms with Crippen molar-refractivity contribution in [2.24, 2.45) is 0 Å². The molecule has 0 N–H and O–H groups in total. The SMILES string of the molecule is O=C(/C=C/c1ccccc1Br)c1ccc(Cl)c([N+](=O)[O-])c1. The third kappa shape index (κ3) is 3.77. The first kappa shape index (κ1) is 15.4. The average Bonchev–Trinajstić information content (AvgIpc) is 2.46. The van der Waals surface area contributed by atoms with Crippen LogP contribution in [0.3, 0.4) is 0 Å². The molecule has 0 amide bonds. The Hall–Kier alpha value is -1.98. The van der Waals surface area contributed by atoms with Crippen molar-refractivity contribution >= 4 is 45.1 Å². The summed E-state index contributed by atoms with van der Waals surface area (Å²) in [5.41, 5.74) is 0.778. The molecule has 6 heteroatoms. The molecule has 0 aromatic heterocycles. The second-order valence-electron chi connectivity index (χ2n) is 4.14. The van der Waals surface area contributed by atoms with E-state index in [1.165, 1.54) is 24.3 Å². The smallest absolute Gasteiger partial charge is 0.288 e. The predicted octanol–water partition coefficient (Wildman–Crippen LogP) is 4.91. The molecule has 0 aliphatic carbocycles. The lowest BCUT2D eigenvalue weighted by Crippen LogP contribution is -1.97. The number of hydrogen-bond donors (Lipinski definition) is 0. The highest BCUT2D eigenvalue weighted by Crippen LogP contribution is 2.25. The minimum atomic E-state index is -0.614. The fourth-order valence-electron chi connectivity index (χ4n) is 1.68. The van der Waals surface area contributed by atoms with Gasteiger partial charge >= 0.3 is 0 Å². The highest BCUT2D eigenvalue weighted by molar-refractivity contribution is 9.10. The van der Waals surface area contributed by atoms with Crippen molar-refractivity contribution in [3.05, 3.63) is 79.3 Å². The van der Waals surface area contributed by atoms with E-state index in [2.05, 4.69) is 15.9 Å². The summed E-state index contributed by atoms with van der Waals surface area (Å²) in [5.74, 6) is -0.328. The van der Waals surface area contributed by atoms with E-state index >= 15 is 0 Å². The number of ketones is 1. The van der Waals surface area contributed by atoms with Gasteiger partial charge in [0.1, 0.15) is 5.02 Å². The number of allylic oxidation sites excluding steroid dienone is 1. The molecule has 0 saturated heterocycles. The van der Waals surface area contributed by atoms with E-state index in [1.54, 1.807) is 6.08 Å². The number of nitro groups is 1. The van der Waals surface area contributed by atoms with Gasteiger partial charge in [-0.3, -0.25) is 14.9 Å². The Balaban J connectivity index is 2.27. The zero-order valence-electron chi connectivity index (χ0n) is 10.6. The molecule has 106 valence electrons. The third-order valence-electron chi connectivity index (χ3n) is 2.75. The summed E-state index contributed by atoms with van der Waals surface area (Å²) >= 11 is 9.09. The quantitative estimate of drug-likeness (QED) is 0.334. The van der Waals surface area contributed by atoms with Gasteiger partial charge in [0.25, 0.3) is 5.69 Å². The van der Waals surface area contributed by atoms with Crippen molar-refractivity contribution < 1.29 is 9.72 Å². The number of carbonyl (C=O) groups excluding carboxylic acids is 1. The first-order chi connectivity index (χ1) is 9.99. The molecular weight excluding hydrogens is 358 g/mol. The van der Waals surface area contributed by atoms with Gasteiger partial charge in [0.15, 0.2) is 5.78 Å². The lowest BCUT2D eigenvalue weighted by Gasteiger charge is -1.99. The van der Waals surface area contributed by atoms with Gasteiger partial charge in [-0.05, 0) is 35.9 Å². The molecule has 0 aliphatic heterocycles. The standard InChI is InChI=1S/C15H9BrClNO3/c16-12-4-2-1-3-10(12)6-8-15(19)11-5-7-13(17)14(9-11)18(20)21/h1-9H/b8-6+. The Labute approximate surface area is 134 Å². The van der Waals surface area contributed by atoms with Crippen LogP contribution in [0.15, 0.2) is 53.0 Å². The number of halogens is 2. The number of nitro benzene ring substituents is 1. The fraction of sp³-hybridized carbons (Fsp3) is 0. The van der Waals surface area contributed by atoms with E-state index in [-0.39, 0.29) is 22.1 Å². The lowest BCUT2D eigenvalue weighted by atomic mass is 10.1. The molecule has 2 aromatic carbocycles. The van der Waals surface area contributed by atoms with Gasteiger partial charge < -0.3 is 0 Å². The van der Waals surface area contributed by atoms with Crippen molar-refractivity contribution in [3.8, 4) is 0 Å². The van der Waals surface area contributed by atoms with Crippen LogP contribution < -0.4 is 0 Å². The molecule has 0 heterocycles. The van der Waals surface area contributed by atoms with Crippen LogP contribution in [0.4, 0.5) is 5.69 Å². The summed E-state index contributed by atoms with van der Waals surface area (Å²) in [6.45, 7) is 0. The second kappa shape index (κ2) is 6.65. The van der Waals surface area contributed by atoms with Crippen molar-refractivity contribution in [2.75, 3.05) is 0 Å². The van der Waals surface area contributed by atoms with Crippen LogP contribution >= 0.6 is 27.5 Å². The molecule has 0 atom stereocenters. The number of rotatable bonds is 4. The summed E-state index contributed by atoms with van der Waals surface area (Å²) in [5, 5.41) is 10.8. The largest absolute Gasteiger partial charge is 0.289 e. The van der Waals surface area contributed by atoms with Crippen molar-refractivity contribution in [1.29, 1.82) is 0 Å². The Morgan fingerprint density at radius 2 is 1.95 bits per heavy atom. The van der Waals surface area contributed by atoms with Crippen LogP contribution in [-0.2, 0) is 0 Å². The highest BCUT2D eigenvalue weighted by atomic mass is 79.9. The zero-order chi connectivity index (χ0) is 15.4. The normalized spacial score (nSPS) is 10.8. The first-order valence-corrected chi connectivity index (χ1v) is 7.07. The molecule has 0 aliphatic rings. The van der Waals surface area contributed by atoms with Crippen LogP contribution in [0, 0.1) is 10.1 Å². The maximum absolute atomic E-state index is 12.0. The number of carbonyl (C=O) groups is 1. The molecule has 0 spiro atoms. The van der Waals surface area contributed by atoms with Gasteiger partial charge in [-0.25, -0.2) is 0 Å². The van der Waals surface area contributed by atoms with Gasteiger partial charge in [0, 0.05) is 16.1 Å². The van der Waals surface area contributed by atoms with Crippen LogP contribution in [0.25, 0.3) is 6.08 Å². The number of hydrogen-bond acceptors (Lipinski definition) is 3. The fourth-order valence-corrected chi connectivity index (χ4v) is 2.28. The molecule has 0 bridgehead atoms. The molecule has 0 fully saturated rings. The molecule has 0 radical (unpaired) electrons. The van der Waals surface area contributed by atoms with Crippen LogP contribution in [0.5, 0.6) is 0 Å². The summed E-state index contributed by atoms with van der Waals surface area (Å²) in [7, 11) is 0. The molecule has 2 aromatic rings. The maximum Gasteiger partial charge on any atom is 0.288 e. The lowest BCUT2D eigenvalue weighted by molar-refractivity contribution is -0.384.